The van der Waals surface area contributed by atoms with Gasteiger partial charge in [-0.2, -0.15) is 14.4 Å². The van der Waals surface area contributed by atoms with E-state index in [0.717, 1.165) is 0 Å². The number of carbonyl (C=O) groups is 1. The molecule has 0 saturated carbocycles. The molecule has 2 aliphatic heterocycles. The fourth-order valence-corrected chi connectivity index (χ4v) is 3.80. The molecule has 172 valence electrons. The van der Waals surface area contributed by atoms with Gasteiger partial charge in [0.1, 0.15) is 5.69 Å². The van der Waals surface area contributed by atoms with Crippen LogP contribution < -0.4 is 20.3 Å². The van der Waals surface area contributed by atoms with Crippen LogP contribution >= 0.6 is 0 Å². The van der Waals surface area contributed by atoms with Crippen molar-refractivity contribution >= 4 is 29.4 Å². The minimum Gasteiger partial charge on any atom is -0.480 e. The third kappa shape index (κ3) is 4.90. The standard InChI is InChI=1S/C20H26FN7O4/c1-31-18-14(5-2-6-22-18)24-19-25-16(23-13-4-3-7-28(12-13)20(29)30)15(21)17(26-19)27-8-10-32-11-9-27/h2,5-6,13H,3-4,7-12H2,1H3,(H,29,30)(H2,23,24,25,26). The van der Waals surface area contributed by atoms with E-state index in [2.05, 4.69) is 25.6 Å². The van der Waals surface area contributed by atoms with Crippen LogP contribution in [-0.2, 0) is 4.74 Å². The summed E-state index contributed by atoms with van der Waals surface area (Å²) in [5, 5.41) is 15.4. The minimum atomic E-state index is -0.986. The highest BCUT2D eigenvalue weighted by Gasteiger charge is 2.27. The lowest BCUT2D eigenvalue weighted by molar-refractivity contribution is 0.122. The molecule has 2 aromatic heterocycles. The highest BCUT2D eigenvalue weighted by molar-refractivity contribution is 5.66. The number of piperidine rings is 1. The molecule has 12 heteroatoms. The van der Waals surface area contributed by atoms with E-state index in [0.29, 0.717) is 57.3 Å². The molecule has 4 heterocycles. The number of pyridine rings is 1. The van der Waals surface area contributed by atoms with Gasteiger partial charge in [0.15, 0.2) is 11.6 Å². The van der Waals surface area contributed by atoms with Gasteiger partial charge in [-0.3, -0.25) is 0 Å². The van der Waals surface area contributed by atoms with E-state index >= 15 is 4.39 Å². The summed E-state index contributed by atoms with van der Waals surface area (Å²) < 4.78 is 26.1. The SMILES string of the molecule is COc1ncccc1Nc1nc(NC2CCCN(C(=O)O)C2)c(F)c(N2CCOCC2)n1. The van der Waals surface area contributed by atoms with E-state index in [-0.39, 0.29) is 30.2 Å². The zero-order chi connectivity index (χ0) is 22.5. The van der Waals surface area contributed by atoms with E-state index in [4.69, 9.17) is 9.47 Å². The lowest BCUT2D eigenvalue weighted by Gasteiger charge is -2.32. The number of hydrogen-bond acceptors (Lipinski definition) is 9. The normalized spacial score (nSPS) is 18.9. The molecule has 1 unspecified atom stereocenters. The number of likely N-dealkylation sites (tertiary alicyclic amines) is 1. The minimum absolute atomic E-state index is 0.0177. The van der Waals surface area contributed by atoms with Crippen molar-refractivity contribution in [1.29, 1.82) is 0 Å². The summed E-state index contributed by atoms with van der Waals surface area (Å²) in [6.45, 7) is 2.67. The number of hydrogen-bond donors (Lipinski definition) is 3. The van der Waals surface area contributed by atoms with Crippen molar-refractivity contribution in [2.75, 3.05) is 62.0 Å². The molecule has 1 amide bonds. The van der Waals surface area contributed by atoms with Crippen molar-refractivity contribution in [3.05, 3.63) is 24.1 Å². The van der Waals surface area contributed by atoms with Gasteiger partial charge >= 0.3 is 6.09 Å². The Morgan fingerprint density at radius 2 is 2.12 bits per heavy atom. The topological polar surface area (TPSA) is 125 Å². The second-order valence-corrected chi connectivity index (χ2v) is 7.53. The van der Waals surface area contributed by atoms with Gasteiger partial charge in [0.25, 0.3) is 0 Å². The van der Waals surface area contributed by atoms with Gasteiger partial charge in [0.05, 0.1) is 20.3 Å². The van der Waals surface area contributed by atoms with Crippen LogP contribution in [0.1, 0.15) is 12.8 Å². The molecule has 3 N–H and O–H groups in total. The Labute approximate surface area is 184 Å². The highest BCUT2D eigenvalue weighted by Crippen LogP contribution is 2.29. The fraction of sp³-hybridized carbons (Fsp3) is 0.500. The van der Waals surface area contributed by atoms with E-state index in [1.54, 1.807) is 18.3 Å². The molecule has 4 rings (SSSR count). The number of carboxylic acid groups (broad SMARTS) is 1. The summed E-state index contributed by atoms with van der Waals surface area (Å²) >= 11 is 0. The van der Waals surface area contributed by atoms with Crippen LogP contribution in [-0.4, -0.2) is 83.6 Å². The summed E-state index contributed by atoms with van der Waals surface area (Å²) in [7, 11) is 1.50. The van der Waals surface area contributed by atoms with Gasteiger partial charge in [0, 0.05) is 38.4 Å². The molecule has 1 atom stereocenters. The van der Waals surface area contributed by atoms with Crippen LogP contribution in [0.15, 0.2) is 18.3 Å². The molecule has 0 aliphatic carbocycles. The first-order chi connectivity index (χ1) is 15.5. The van der Waals surface area contributed by atoms with Crippen molar-refractivity contribution in [2.24, 2.45) is 0 Å². The van der Waals surface area contributed by atoms with Gasteiger partial charge in [-0.15, -0.1) is 0 Å². The van der Waals surface area contributed by atoms with Crippen LogP contribution in [0.25, 0.3) is 0 Å². The van der Waals surface area contributed by atoms with E-state index in [1.807, 2.05) is 4.90 Å². The Bertz CT molecular complexity index is 958. The molecule has 2 saturated heterocycles. The van der Waals surface area contributed by atoms with Crippen LogP contribution in [0.4, 0.5) is 32.5 Å². The van der Waals surface area contributed by atoms with Crippen LogP contribution in [0.5, 0.6) is 5.88 Å². The average Bonchev–Trinajstić information content (AvgIpc) is 2.82. The molecular weight excluding hydrogens is 421 g/mol. The largest absolute Gasteiger partial charge is 0.480 e. The maximum Gasteiger partial charge on any atom is 0.407 e. The molecule has 2 aliphatic rings. The molecule has 2 aromatic rings. The Balaban J connectivity index is 1.65. The second kappa shape index (κ2) is 9.81. The quantitative estimate of drug-likeness (QED) is 0.607. The zero-order valence-corrected chi connectivity index (χ0v) is 17.8. The molecule has 0 aromatic carbocycles. The van der Waals surface area contributed by atoms with Crippen molar-refractivity contribution < 1.29 is 23.8 Å². The first kappa shape index (κ1) is 21.8. The lowest BCUT2D eigenvalue weighted by atomic mass is 10.1. The summed E-state index contributed by atoms with van der Waals surface area (Å²) in [6.07, 6.45) is 2.00. The van der Waals surface area contributed by atoms with Crippen molar-refractivity contribution in [3.8, 4) is 5.88 Å². The smallest absolute Gasteiger partial charge is 0.407 e. The predicted octanol–water partition coefficient (Wildman–Crippen LogP) is 2.15. The average molecular weight is 447 g/mol. The summed E-state index contributed by atoms with van der Waals surface area (Å²) in [6, 6.07) is 3.23. The van der Waals surface area contributed by atoms with Gasteiger partial charge in [0.2, 0.25) is 17.6 Å². The number of aromatic nitrogens is 3. The van der Waals surface area contributed by atoms with E-state index in [1.165, 1.54) is 12.0 Å². The van der Waals surface area contributed by atoms with Crippen molar-refractivity contribution in [1.82, 2.24) is 19.9 Å². The maximum absolute atomic E-state index is 15.5. The third-order valence-electron chi connectivity index (χ3n) is 5.39. The van der Waals surface area contributed by atoms with Gasteiger partial charge in [-0.25, -0.2) is 9.78 Å². The molecule has 0 radical (unpaired) electrons. The van der Waals surface area contributed by atoms with Gasteiger partial charge in [-0.1, -0.05) is 0 Å². The number of halogens is 1. The Morgan fingerprint density at radius 3 is 2.88 bits per heavy atom. The number of rotatable bonds is 6. The van der Waals surface area contributed by atoms with Crippen molar-refractivity contribution in [2.45, 2.75) is 18.9 Å². The number of nitrogens with one attached hydrogen (secondary N) is 2. The molecule has 11 nitrogen and oxygen atoms in total. The Hall–Kier alpha value is -3.41. The van der Waals surface area contributed by atoms with Crippen molar-refractivity contribution in [3.63, 3.8) is 0 Å². The first-order valence-electron chi connectivity index (χ1n) is 10.5. The number of anilines is 4. The van der Waals surface area contributed by atoms with Gasteiger partial charge < -0.3 is 35.0 Å². The Morgan fingerprint density at radius 1 is 1.31 bits per heavy atom. The first-order valence-corrected chi connectivity index (χ1v) is 10.5. The number of ether oxygens (including phenoxy) is 2. The molecule has 2 fully saturated rings. The molecular formula is C20H26FN7O4. The highest BCUT2D eigenvalue weighted by atomic mass is 19.1. The Kier molecular flexibility index (Phi) is 6.69. The summed E-state index contributed by atoms with van der Waals surface area (Å²) in [5.74, 6) is 0.119. The second-order valence-electron chi connectivity index (χ2n) is 7.53. The summed E-state index contributed by atoms with van der Waals surface area (Å²) in [4.78, 5) is 27.4. The zero-order valence-electron chi connectivity index (χ0n) is 17.8. The number of nitrogens with zero attached hydrogens (tertiary/aromatic N) is 5. The molecule has 0 spiro atoms. The fourth-order valence-electron chi connectivity index (χ4n) is 3.80. The number of amides is 1. The molecule has 0 bridgehead atoms. The summed E-state index contributed by atoms with van der Waals surface area (Å²) in [5.41, 5.74) is 0.537. The van der Waals surface area contributed by atoms with Crippen LogP contribution in [0.3, 0.4) is 0 Å². The number of methoxy groups -OCH3 is 1. The maximum atomic E-state index is 15.5. The third-order valence-corrected chi connectivity index (χ3v) is 5.39. The van der Waals surface area contributed by atoms with Gasteiger partial charge in [-0.05, 0) is 25.0 Å². The van der Waals surface area contributed by atoms with Crippen LogP contribution in [0, 0.1) is 5.82 Å². The van der Waals surface area contributed by atoms with E-state index < -0.39 is 11.9 Å². The lowest BCUT2D eigenvalue weighted by Crippen LogP contribution is -2.45. The monoisotopic (exact) mass is 447 g/mol. The van der Waals surface area contributed by atoms with E-state index in [9.17, 15) is 9.90 Å². The predicted molar refractivity (Wildman–Crippen MR) is 115 cm³/mol. The van der Waals surface area contributed by atoms with Crippen LogP contribution in [0.2, 0.25) is 0 Å². The molecule has 32 heavy (non-hydrogen) atoms. The number of morpholine rings is 1.